The van der Waals surface area contributed by atoms with Crippen molar-refractivity contribution in [3.05, 3.63) is 47.2 Å². The number of allylic oxidation sites excluding steroid dienone is 1. The zero-order valence-corrected chi connectivity index (χ0v) is 9.46. The van der Waals surface area contributed by atoms with E-state index in [-0.39, 0.29) is 12.0 Å². The SMILES string of the molecule is NC(Cc1cccc(F)c1F)C1=CCCCO1. The van der Waals surface area contributed by atoms with Gasteiger partial charge in [-0.15, -0.1) is 0 Å². The Morgan fingerprint density at radius 3 is 2.88 bits per heavy atom. The van der Waals surface area contributed by atoms with E-state index in [0.29, 0.717) is 12.4 Å². The number of hydrogen-bond donors (Lipinski definition) is 1. The van der Waals surface area contributed by atoms with Crippen LogP contribution in [0.4, 0.5) is 8.78 Å². The van der Waals surface area contributed by atoms with E-state index < -0.39 is 17.7 Å². The first-order valence-electron chi connectivity index (χ1n) is 5.70. The molecule has 0 spiro atoms. The second kappa shape index (κ2) is 5.27. The Kier molecular flexibility index (Phi) is 3.74. The van der Waals surface area contributed by atoms with E-state index in [2.05, 4.69) is 0 Å². The third-order valence-corrected chi connectivity index (χ3v) is 2.80. The average molecular weight is 239 g/mol. The number of rotatable bonds is 3. The van der Waals surface area contributed by atoms with Gasteiger partial charge in [-0.05, 0) is 37.0 Å². The van der Waals surface area contributed by atoms with Crippen LogP contribution in [-0.2, 0) is 11.2 Å². The minimum atomic E-state index is -0.840. The normalized spacial score (nSPS) is 17.2. The van der Waals surface area contributed by atoms with Gasteiger partial charge >= 0.3 is 0 Å². The summed E-state index contributed by atoms with van der Waals surface area (Å²) in [5.41, 5.74) is 6.20. The molecule has 2 N–H and O–H groups in total. The van der Waals surface area contributed by atoms with Crippen molar-refractivity contribution in [2.24, 2.45) is 5.73 Å². The van der Waals surface area contributed by atoms with E-state index in [1.807, 2.05) is 6.08 Å². The lowest BCUT2D eigenvalue weighted by Gasteiger charge is -2.20. The minimum absolute atomic E-state index is 0.245. The Labute approximate surface area is 99.1 Å². The molecule has 1 aromatic carbocycles. The molecule has 1 aromatic rings. The molecule has 0 saturated heterocycles. The van der Waals surface area contributed by atoms with Crippen molar-refractivity contribution < 1.29 is 13.5 Å². The van der Waals surface area contributed by atoms with Gasteiger partial charge in [0.15, 0.2) is 11.6 Å². The Balaban J connectivity index is 2.10. The number of nitrogens with two attached hydrogens (primary N) is 1. The van der Waals surface area contributed by atoms with E-state index in [1.54, 1.807) is 6.07 Å². The number of hydrogen-bond acceptors (Lipinski definition) is 2. The highest BCUT2D eigenvalue weighted by Gasteiger charge is 2.17. The summed E-state index contributed by atoms with van der Waals surface area (Å²) >= 11 is 0. The molecule has 1 unspecified atom stereocenters. The molecule has 0 bridgehead atoms. The molecule has 1 aliphatic rings. The second-order valence-corrected chi connectivity index (χ2v) is 4.12. The molecule has 0 aliphatic carbocycles. The fourth-order valence-electron chi connectivity index (χ4n) is 1.88. The fourth-order valence-corrected chi connectivity index (χ4v) is 1.88. The van der Waals surface area contributed by atoms with Gasteiger partial charge in [-0.25, -0.2) is 8.78 Å². The summed E-state index contributed by atoms with van der Waals surface area (Å²) in [6, 6.07) is 3.71. The quantitative estimate of drug-likeness (QED) is 0.879. The van der Waals surface area contributed by atoms with Crippen LogP contribution in [0.25, 0.3) is 0 Å². The summed E-state index contributed by atoms with van der Waals surface area (Å²) in [6.07, 6.45) is 4.07. The van der Waals surface area contributed by atoms with Crippen molar-refractivity contribution in [2.45, 2.75) is 25.3 Å². The first-order chi connectivity index (χ1) is 8.18. The third-order valence-electron chi connectivity index (χ3n) is 2.80. The van der Waals surface area contributed by atoms with Crippen molar-refractivity contribution in [1.29, 1.82) is 0 Å². The van der Waals surface area contributed by atoms with Gasteiger partial charge in [-0.2, -0.15) is 0 Å². The van der Waals surface area contributed by atoms with E-state index in [4.69, 9.17) is 10.5 Å². The molecule has 0 amide bonds. The average Bonchev–Trinajstić information content (AvgIpc) is 2.36. The van der Waals surface area contributed by atoms with Gasteiger partial charge in [-0.3, -0.25) is 0 Å². The first-order valence-corrected chi connectivity index (χ1v) is 5.70. The molecule has 0 radical (unpaired) electrons. The summed E-state index contributed by atoms with van der Waals surface area (Å²) in [6.45, 7) is 0.644. The Morgan fingerprint density at radius 2 is 2.18 bits per heavy atom. The Hall–Kier alpha value is -1.42. The molecule has 4 heteroatoms. The van der Waals surface area contributed by atoms with Crippen LogP contribution in [0, 0.1) is 11.6 Å². The molecular formula is C13H15F2NO. The van der Waals surface area contributed by atoms with E-state index in [1.165, 1.54) is 6.07 Å². The third kappa shape index (κ3) is 2.82. The maximum Gasteiger partial charge on any atom is 0.162 e. The molecule has 92 valence electrons. The largest absolute Gasteiger partial charge is 0.497 e. The molecule has 1 heterocycles. The molecule has 0 saturated carbocycles. The minimum Gasteiger partial charge on any atom is -0.497 e. The van der Waals surface area contributed by atoms with Crippen molar-refractivity contribution in [3.63, 3.8) is 0 Å². The zero-order chi connectivity index (χ0) is 12.3. The molecule has 17 heavy (non-hydrogen) atoms. The molecule has 1 atom stereocenters. The van der Waals surface area contributed by atoms with Gasteiger partial charge in [0, 0.05) is 0 Å². The lowest BCUT2D eigenvalue weighted by molar-refractivity contribution is 0.175. The van der Waals surface area contributed by atoms with Crippen LogP contribution in [0.1, 0.15) is 18.4 Å². The highest BCUT2D eigenvalue weighted by Crippen LogP contribution is 2.18. The van der Waals surface area contributed by atoms with Crippen molar-refractivity contribution in [2.75, 3.05) is 6.61 Å². The van der Waals surface area contributed by atoms with Crippen molar-refractivity contribution >= 4 is 0 Å². The molecule has 1 aliphatic heterocycles. The monoisotopic (exact) mass is 239 g/mol. The smallest absolute Gasteiger partial charge is 0.162 e. The predicted molar refractivity (Wildman–Crippen MR) is 61.3 cm³/mol. The molecule has 2 nitrogen and oxygen atoms in total. The number of ether oxygens (including phenoxy) is 1. The van der Waals surface area contributed by atoms with Crippen LogP contribution in [0.15, 0.2) is 30.0 Å². The zero-order valence-electron chi connectivity index (χ0n) is 9.46. The molecule has 0 fully saturated rings. The first kappa shape index (κ1) is 12.0. The highest BCUT2D eigenvalue weighted by molar-refractivity contribution is 5.22. The second-order valence-electron chi connectivity index (χ2n) is 4.12. The van der Waals surface area contributed by atoms with Gasteiger partial charge in [0.1, 0.15) is 5.76 Å². The maximum absolute atomic E-state index is 13.4. The van der Waals surface area contributed by atoms with Gasteiger partial charge in [0.25, 0.3) is 0 Å². The van der Waals surface area contributed by atoms with Crippen molar-refractivity contribution in [1.82, 2.24) is 0 Å². The summed E-state index contributed by atoms with van der Waals surface area (Å²) in [5, 5.41) is 0. The topological polar surface area (TPSA) is 35.2 Å². The van der Waals surface area contributed by atoms with Gasteiger partial charge in [-0.1, -0.05) is 12.1 Å². The van der Waals surface area contributed by atoms with E-state index in [9.17, 15) is 8.78 Å². The molecular weight excluding hydrogens is 224 g/mol. The van der Waals surface area contributed by atoms with Crippen LogP contribution in [-0.4, -0.2) is 12.6 Å². The number of benzene rings is 1. The summed E-state index contributed by atoms with van der Waals surface area (Å²) in [7, 11) is 0. The lowest BCUT2D eigenvalue weighted by Crippen LogP contribution is -2.28. The van der Waals surface area contributed by atoms with E-state index >= 15 is 0 Å². The predicted octanol–water partition coefficient (Wildman–Crippen LogP) is 2.53. The van der Waals surface area contributed by atoms with Crippen LogP contribution >= 0.6 is 0 Å². The Morgan fingerprint density at radius 1 is 1.35 bits per heavy atom. The van der Waals surface area contributed by atoms with Crippen LogP contribution < -0.4 is 5.73 Å². The van der Waals surface area contributed by atoms with Crippen LogP contribution in [0.2, 0.25) is 0 Å². The fraction of sp³-hybridized carbons (Fsp3) is 0.385. The van der Waals surface area contributed by atoms with Crippen molar-refractivity contribution in [3.8, 4) is 0 Å². The van der Waals surface area contributed by atoms with E-state index in [0.717, 1.165) is 18.9 Å². The number of halogens is 2. The summed E-state index contributed by atoms with van der Waals surface area (Å²) < 4.78 is 31.9. The summed E-state index contributed by atoms with van der Waals surface area (Å²) in [4.78, 5) is 0. The van der Waals surface area contributed by atoms with Crippen LogP contribution in [0.5, 0.6) is 0 Å². The highest BCUT2D eigenvalue weighted by atomic mass is 19.2. The molecule has 0 aromatic heterocycles. The maximum atomic E-state index is 13.4. The Bertz CT molecular complexity index is 431. The summed E-state index contributed by atoms with van der Waals surface area (Å²) in [5.74, 6) is -0.979. The standard InChI is InChI=1S/C13H15F2NO/c14-10-5-3-4-9(13(10)15)8-11(16)12-6-1-2-7-17-12/h3-6,11H,1-2,7-8,16H2. The van der Waals surface area contributed by atoms with Gasteiger partial charge in [0.05, 0.1) is 12.6 Å². The van der Waals surface area contributed by atoms with Gasteiger partial charge < -0.3 is 10.5 Å². The van der Waals surface area contributed by atoms with Gasteiger partial charge in [0.2, 0.25) is 0 Å². The molecule has 2 rings (SSSR count). The lowest BCUT2D eigenvalue weighted by atomic mass is 10.0. The van der Waals surface area contributed by atoms with Crippen LogP contribution in [0.3, 0.4) is 0 Å².